The molecule has 0 aliphatic heterocycles. The van der Waals surface area contributed by atoms with Crippen molar-refractivity contribution in [3.8, 4) is 5.75 Å². The third kappa shape index (κ3) is 1.66. The Morgan fingerprint density at radius 2 is 2.33 bits per heavy atom. The van der Waals surface area contributed by atoms with Crippen molar-refractivity contribution >= 4 is 22.6 Å². The molecule has 0 atom stereocenters. The van der Waals surface area contributed by atoms with E-state index in [1.54, 1.807) is 24.1 Å². The number of imidazole rings is 1. The smallest absolute Gasteiger partial charge is 0.139 e. The Kier molecular flexibility index (Phi) is 2.79. The van der Waals surface area contributed by atoms with E-state index < -0.39 is 0 Å². The van der Waals surface area contributed by atoms with Crippen molar-refractivity contribution in [2.75, 3.05) is 13.7 Å². The number of benzene rings is 1. The minimum atomic E-state index is 0.0546. The first-order chi connectivity index (χ1) is 7.27. The maximum absolute atomic E-state index is 8.89. The molecule has 80 valence electrons. The molecular weight excluding hydrogens is 216 g/mol. The monoisotopic (exact) mass is 226 g/mol. The zero-order chi connectivity index (χ0) is 10.8. The molecule has 0 spiro atoms. The Morgan fingerprint density at radius 1 is 1.53 bits per heavy atom. The molecule has 0 saturated heterocycles. The van der Waals surface area contributed by atoms with E-state index in [9.17, 15) is 0 Å². The van der Waals surface area contributed by atoms with Gasteiger partial charge in [0.05, 0.1) is 31.1 Å². The van der Waals surface area contributed by atoms with Crippen molar-refractivity contribution in [2.24, 2.45) is 0 Å². The lowest BCUT2D eigenvalue weighted by atomic mass is 10.3. The van der Waals surface area contributed by atoms with Gasteiger partial charge in [0.25, 0.3) is 0 Å². The average molecular weight is 227 g/mol. The van der Waals surface area contributed by atoms with Crippen LogP contribution in [-0.4, -0.2) is 28.4 Å². The zero-order valence-electron chi connectivity index (χ0n) is 8.27. The summed E-state index contributed by atoms with van der Waals surface area (Å²) in [5.74, 6) is 0.615. The molecule has 1 N–H and O–H groups in total. The number of aromatic nitrogens is 2. The highest BCUT2D eigenvalue weighted by Gasteiger charge is 2.10. The van der Waals surface area contributed by atoms with E-state index >= 15 is 0 Å². The van der Waals surface area contributed by atoms with Gasteiger partial charge < -0.3 is 14.4 Å². The highest BCUT2D eigenvalue weighted by atomic mass is 35.5. The summed E-state index contributed by atoms with van der Waals surface area (Å²) in [5.41, 5.74) is 1.60. The SMILES string of the molecule is COc1ccc2ncn(CCO)c2c1Cl. The Hall–Kier alpha value is -1.26. The second kappa shape index (κ2) is 4.08. The average Bonchev–Trinajstić information content (AvgIpc) is 2.64. The molecule has 0 fully saturated rings. The van der Waals surface area contributed by atoms with Crippen molar-refractivity contribution in [3.63, 3.8) is 0 Å². The molecule has 15 heavy (non-hydrogen) atoms. The third-order valence-corrected chi connectivity index (χ3v) is 2.61. The number of fused-ring (bicyclic) bond motifs is 1. The van der Waals surface area contributed by atoms with Gasteiger partial charge in [0.2, 0.25) is 0 Å². The van der Waals surface area contributed by atoms with Crippen molar-refractivity contribution in [3.05, 3.63) is 23.5 Å². The molecule has 1 aromatic heterocycles. The van der Waals surface area contributed by atoms with Gasteiger partial charge in [0, 0.05) is 6.54 Å². The maximum Gasteiger partial charge on any atom is 0.139 e. The highest BCUT2D eigenvalue weighted by molar-refractivity contribution is 6.36. The predicted molar refractivity (Wildman–Crippen MR) is 58.4 cm³/mol. The van der Waals surface area contributed by atoms with E-state index in [2.05, 4.69) is 4.98 Å². The van der Waals surface area contributed by atoms with E-state index in [0.717, 1.165) is 11.0 Å². The second-order valence-electron chi connectivity index (χ2n) is 3.11. The standard InChI is InChI=1S/C10H11ClN2O2/c1-15-8-3-2-7-10(9(8)11)13(4-5-14)6-12-7/h2-3,6,14H,4-5H2,1H3. The zero-order valence-corrected chi connectivity index (χ0v) is 9.03. The lowest BCUT2D eigenvalue weighted by Gasteiger charge is -2.06. The van der Waals surface area contributed by atoms with Crippen LogP contribution in [0.5, 0.6) is 5.75 Å². The maximum atomic E-state index is 8.89. The minimum Gasteiger partial charge on any atom is -0.495 e. The molecule has 0 amide bonds. The molecule has 0 saturated carbocycles. The molecule has 1 heterocycles. The fraction of sp³-hybridized carbons (Fsp3) is 0.300. The van der Waals surface area contributed by atoms with Crippen LogP contribution in [0.1, 0.15) is 0 Å². The highest BCUT2D eigenvalue weighted by Crippen LogP contribution is 2.31. The first-order valence-corrected chi connectivity index (χ1v) is 4.94. The molecule has 5 heteroatoms. The molecule has 2 aromatic rings. The summed E-state index contributed by atoms with van der Waals surface area (Å²) in [7, 11) is 1.57. The summed E-state index contributed by atoms with van der Waals surface area (Å²) in [4.78, 5) is 4.19. The number of hydrogen-bond acceptors (Lipinski definition) is 3. The number of aliphatic hydroxyl groups excluding tert-OH is 1. The summed E-state index contributed by atoms with van der Waals surface area (Å²) in [6.45, 7) is 0.530. The van der Waals surface area contributed by atoms with Crippen LogP contribution in [0.2, 0.25) is 5.02 Å². The first-order valence-electron chi connectivity index (χ1n) is 4.56. The van der Waals surface area contributed by atoms with E-state index in [1.165, 1.54) is 0 Å². The molecule has 0 radical (unpaired) electrons. The second-order valence-corrected chi connectivity index (χ2v) is 3.49. The number of halogens is 1. The van der Waals surface area contributed by atoms with Gasteiger partial charge in [-0.15, -0.1) is 0 Å². The van der Waals surface area contributed by atoms with Crippen LogP contribution in [0.4, 0.5) is 0 Å². The van der Waals surface area contributed by atoms with E-state index in [-0.39, 0.29) is 6.61 Å². The Morgan fingerprint density at radius 3 is 3.00 bits per heavy atom. The van der Waals surface area contributed by atoms with Crippen molar-refractivity contribution in [1.82, 2.24) is 9.55 Å². The summed E-state index contributed by atoms with van der Waals surface area (Å²) in [5, 5.41) is 9.42. The van der Waals surface area contributed by atoms with Crippen LogP contribution < -0.4 is 4.74 Å². The van der Waals surface area contributed by atoms with Crippen LogP contribution in [0.3, 0.4) is 0 Å². The minimum absolute atomic E-state index is 0.0546. The number of nitrogens with zero attached hydrogens (tertiary/aromatic N) is 2. The summed E-state index contributed by atoms with van der Waals surface area (Å²) in [6.07, 6.45) is 1.66. The fourth-order valence-corrected chi connectivity index (χ4v) is 1.88. The lowest BCUT2D eigenvalue weighted by Crippen LogP contribution is -2.00. The Bertz CT molecular complexity index is 481. The van der Waals surface area contributed by atoms with Crippen LogP contribution in [0.15, 0.2) is 18.5 Å². The van der Waals surface area contributed by atoms with Crippen molar-refractivity contribution in [2.45, 2.75) is 6.54 Å². The molecule has 0 aliphatic rings. The molecular formula is C10H11ClN2O2. The van der Waals surface area contributed by atoms with Gasteiger partial charge in [-0.05, 0) is 12.1 Å². The van der Waals surface area contributed by atoms with Gasteiger partial charge in [-0.25, -0.2) is 4.98 Å². The van der Waals surface area contributed by atoms with Crippen LogP contribution in [0.25, 0.3) is 11.0 Å². The largest absolute Gasteiger partial charge is 0.495 e. The number of rotatable bonds is 3. The van der Waals surface area contributed by atoms with Gasteiger partial charge in [-0.2, -0.15) is 0 Å². The quantitative estimate of drug-likeness (QED) is 0.867. The van der Waals surface area contributed by atoms with Crippen molar-refractivity contribution in [1.29, 1.82) is 0 Å². The summed E-state index contributed by atoms with van der Waals surface area (Å²) >= 11 is 6.16. The topological polar surface area (TPSA) is 47.3 Å². The molecule has 2 rings (SSSR count). The molecule has 0 unspecified atom stereocenters. The number of methoxy groups -OCH3 is 1. The number of hydrogen-bond donors (Lipinski definition) is 1. The van der Waals surface area contributed by atoms with E-state index in [0.29, 0.717) is 17.3 Å². The third-order valence-electron chi connectivity index (χ3n) is 2.24. The molecule has 0 aliphatic carbocycles. The number of aliphatic hydroxyl groups is 1. The fourth-order valence-electron chi connectivity index (χ4n) is 1.54. The summed E-state index contributed by atoms with van der Waals surface area (Å²) < 4.78 is 6.93. The number of ether oxygens (including phenoxy) is 1. The van der Waals surface area contributed by atoms with Crippen LogP contribution >= 0.6 is 11.6 Å². The lowest BCUT2D eigenvalue weighted by molar-refractivity contribution is 0.278. The Labute approximate surface area is 92.1 Å². The van der Waals surface area contributed by atoms with E-state index in [1.807, 2.05) is 6.07 Å². The van der Waals surface area contributed by atoms with Gasteiger partial charge >= 0.3 is 0 Å². The normalized spacial score (nSPS) is 10.9. The van der Waals surface area contributed by atoms with Gasteiger partial charge in [0.1, 0.15) is 10.8 Å². The van der Waals surface area contributed by atoms with Gasteiger partial charge in [0.15, 0.2) is 0 Å². The molecule has 4 nitrogen and oxygen atoms in total. The van der Waals surface area contributed by atoms with Crippen molar-refractivity contribution < 1.29 is 9.84 Å². The summed E-state index contributed by atoms with van der Waals surface area (Å²) in [6, 6.07) is 3.62. The van der Waals surface area contributed by atoms with Gasteiger partial charge in [-0.3, -0.25) is 0 Å². The Balaban J connectivity index is 2.65. The first kappa shape index (κ1) is 10.3. The van der Waals surface area contributed by atoms with Gasteiger partial charge in [-0.1, -0.05) is 11.6 Å². The van der Waals surface area contributed by atoms with Crippen LogP contribution in [-0.2, 0) is 6.54 Å². The van der Waals surface area contributed by atoms with E-state index in [4.69, 9.17) is 21.4 Å². The molecule has 0 bridgehead atoms. The van der Waals surface area contributed by atoms with Crippen LogP contribution in [0, 0.1) is 0 Å². The molecule has 1 aromatic carbocycles. The predicted octanol–water partition coefficient (Wildman–Crippen LogP) is 1.69.